The molecule has 0 aliphatic rings. The number of aryl methyl sites for hydroxylation is 3. The summed E-state index contributed by atoms with van der Waals surface area (Å²) in [6, 6.07) is 5.79. The minimum absolute atomic E-state index is 0.0374. The molecule has 0 saturated carbocycles. The number of para-hydroxylation sites is 1. The highest BCUT2D eigenvalue weighted by Crippen LogP contribution is 2.22. The van der Waals surface area contributed by atoms with E-state index in [0.29, 0.717) is 17.0 Å². The van der Waals surface area contributed by atoms with Crippen molar-refractivity contribution < 1.29 is 14.1 Å². The molecule has 0 unspecified atom stereocenters. The average Bonchev–Trinajstić information content (AvgIpc) is 2.91. The van der Waals surface area contributed by atoms with Gasteiger partial charge in [-0.05, 0) is 31.9 Å². The van der Waals surface area contributed by atoms with Crippen LogP contribution in [-0.2, 0) is 4.79 Å². The van der Waals surface area contributed by atoms with Crippen LogP contribution in [0.25, 0.3) is 0 Å². The number of anilines is 1. The van der Waals surface area contributed by atoms with Gasteiger partial charge in [0.1, 0.15) is 5.56 Å². The highest BCUT2D eigenvalue weighted by atomic mass is 16.5. The third-order valence-corrected chi connectivity index (χ3v) is 3.80. The minimum atomic E-state index is -0.353. The Morgan fingerprint density at radius 1 is 1.17 bits per heavy atom. The van der Waals surface area contributed by atoms with E-state index in [2.05, 4.69) is 15.8 Å². The lowest BCUT2D eigenvalue weighted by Gasteiger charge is -2.12. The van der Waals surface area contributed by atoms with Crippen molar-refractivity contribution in [3.8, 4) is 0 Å². The molecule has 0 spiro atoms. The quantitative estimate of drug-likeness (QED) is 0.883. The van der Waals surface area contributed by atoms with Crippen LogP contribution in [0.15, 0.2) is 22.7 Å². The lowest BCUT2D eigenvalue weighted by molar-refractivity contribution is -0.115. The fourth-order valence-corrected chi connectivity index (χ4v) is 2.50. The molecule has 0 radical (unpaired) electrons. The van der Waals surface area contributed by atoms with Gasteiger partial charge in [0.05, 0.1) is 12.2 Å². The molecule has 0 aliphatic heterocycles. The Kier molecular flexibility index (Phi) is 5.39. The molecule has 6 heteroatoms. The molecule has 24 heavy (non-hydrogen) atoms. The summed E-state index contributed by atoms with van der Waals surface area (Å²) in [6.07, 6.45) is 0. The zero-order chi connectivity index (χ0) is 17.9. The smallest absolute Gasteiger partial charge is 0.257 e. The van der Waals surface area contributed by atoms with Crippen molar-refractivity contribution in [3.63, 3.8) is 0 Å². The first-order valence-corrected chi connectivity index (χ1v) is 7.91. The molecule has 2 rings (SSSR count). The summed E-state index contributed by atoms with van der Waals surface area (Å²) < 4.78 is 5.20. The summed E-state index contributed by atoms with van der Waals surface area (Å²) in [5.41, 5.74) is 3.66. The highest BCUT2D eigenvalue weighted by molar-refractivity contribution is 6.00. The maximum Gasteiger partial charge on any atom is 0.257 e. The zero-order valence-corrected chi connectivity index (χ0v) is 14.7. The molecule has 2 N–H and O–H groups in total. The van der Waals surface area contributed by atoms with Crippen LogP contribution in [0.5, 0.6) is 0 Å². The van der Waals surface area contributed by atoms with Crippen molar-refractivity contribution in [2.24, 2.45) is 0 Å². The first-order chi connectivity index (χ1) is 11.3. The van der Waals surface area contributed by atoms with E-state index in [-0.39, 0.29) is 24.3 Å². The zero-order valence-electron chi connectivity index (χ0n) is 14.7. The molecule has 1 aromatic carbocycles. The van der Waals surface area contributed by atoms with E-state index in [4.69, 9.17) is 4.52 Å². The van der Waals surface area contributed by atoms with Gasteiger partial charge in [-0.3, -0.25) is 9.59 Å². The van der Waals surface area contributed by atoms with E-state index < -0.39 is 0 Å². The van der Waals surface area contributed by atoms with E-state index >= 15 is 0 Å². The van der Waals surface area contributed by atoms with Gasteiger partial charge in [-0.1, -0.05) is 37.2 Å². The van der Waals surface area contributed by atoms with Crippen LogP contribution in [-0.4, -0.2) is 23.5 Å². The summed E-state index contributed by atoms with van der Waals surface area (Å²) >= 11 is 0. The number of benzene rings is 1. The van der Waals surface area contributed by atoms with Gasteiger partial charge in [0.2, 0.25) is 5.91 Å². The molecule has 0 aliphatic carbocycles. The molecule has 0 saturated heterocycles. The Morgan fingerprint density at radius 2 is 1.79 bits per heavy atom. The summed E-state index contributed by atoms with van der Waals surface area (Å²) in [6.45, 7) is 9.29. The molecular formula is C18H23N3O3. The maximum absolute atomic E-state index is 12.4. The number of amides is 2. The fraction of sp³-hybridized carbons (Fsp3) is 0.389. The number of nitrogens with zero attached hydrogens (tertiary/aromatic N) is 1. The third kappa shape index (κ3) is 3.82. The van der Waals surface area contributed by atoms with E-state index in [1.807, 2.05) is 45.9 Å². The predicted octanol–water partition coefficient (Wildman–Crippen LogP) is 3.09. The van der Waals surface area contributed by atoms with Crippen molar-refractivity contribution in [1.29, 1.82) is 0 Å². The van der Waals surface area contributed by atoms with Crippen molar-refractivity contribution >= 4 is 17.5 Å². The Labute approximate surface area is 141 Å². The Bertz CT molecular complexity index is 743. The Hall–Kier alpha value is -2.63. The summed E-state index contributed by atoms with van der Waals surface area (Å²) in [5.74, 6) is -0.0642. The van der Waals surface area contributed by atoms with E-state index in [1.54, 1.807) is 6.92 Å². The van der Waals surface area contributed by atoms with Gasteiger partial charge in [0, 0.05) is 11.6 Å². The minimum Gasteiger partial charge on any atom is -0.360 e. The Morgan fingerprint density at radius 3 is 2.38 bits per heavy atom. The molecule has 1 heterocycles. The van der Waals surface area contributed by atoms with E-state index in [0.717, 1.165) is 16.8 Å². The standard InChI is InChI=1S/C18H23N3O3/c1-10(2)17-15(13(5)21-24-17)18(23)19-9-14(22)20-16-11(3)7-6-8-12(16)4/h6-8,10H,9H2,1-5H3,(H,19,23)(H,20,22). The number of carbonyl (C=O) groups is 2. The number of nitrogens with one attached hydrogen (secondary N) is 2. The number of hydrogen-bond donors (Lipinski definition) is 2. The van der Waals surface area contributed by atoms with Crippen molar-refractivity contribution in [2.45, 2.75) is 40.5 Å². The first-order valence-electron chi connectivity index (χ1n) is 7.91. The van der Waals surface area contributed by atoms with Gasteiger partial charge >= 0.3 is 0 Å². The molecule has 2 aromatic rings. The molecule has 0 atom stereocenters. The average molecular weight is 329 g/mol. The van der Waals surface area contributed by atoms with Gasteiger partial charge in [-0.25, -0.2) is 0 Å². The van der Waals surface area contributed by atoms with Gasteiger partial charge in [0.25, 0.3) is 5.91 Å². The van der Waals surface area contributed by atoms with Crippen molar-refractivity contribution in [1.82, 2.24) is 10.5 Å². The molecule has 6 nitrogen and oxygen atoms in total. The third-order valence-electron chi connectivity index (χ3n) is 3.80. The normalized spacial score (nSPS) is 10.8. The number of carbonyl (C=O) groups excluding carboxylic acids is 2. The number of rotatable bonds is 5. The lowest BCUT2D eigenvalue weighted by Crippen LogP contribution is -2.33. The predicted molar refractivity (Wildman–Crippen MR) is 92.2 cm³/mol. The molecular weight excluding hydrogens is 306 g/mol. The van der Waals surface area contributed by atoms with Crippen LogP contribution in [0.1, 0.15) is 52.7 Å². The van der Waals surface area contributed by atoms with Gasteiger partial charge < -0.3 is 15.2 Å². The van der Waals surface area contributed by atoms with Crippen LogP contribution in [0, 0.1) is 20.8 Å². The van der Waals surface area contributed by atoms with Crippen molar-refractivity contribution in [3.05, 3.63) is 46.3 Å². The van der Waals surface area contributed by atoms with Crippen molar-refractivity contribution in [2.75, 3.05) is 11.9 Å². The molecule has 0 fully saturated rings. The Balaban J connectivity index is 2.02. The van der Waals surface area contributed by atoms with Crippen LogP contribution in [0.3, 0.4) is 0 Å². The second kappa shape index (κ2) is 7.29. The first kappa shape index (κ1) is 17.7. The van der Waals surface area contributed by atoms with Crippen LogP contribution >= 0.6 is 0 Å². The molecule has 0 bridgehead atoms. The van der Waals surface area contributed by atoms with Gasteiger partial charge in [-0.15, -0.1) is 0 Å². The van der Waals surface area contributed by atoms with Gasteiger partial charge in [0.15, 0.2) is 5.76 Å². The summed E-state index contributed by atoms with van der Waals surface area (Å²) in [5, 5.41) is 9.31. The molecule has 2 amide bonds. The summed E-state index contributed by atoms with van der Waals surface area (Å²) in [4.78, 5) is 24.5. The SMILES string of the molecule is Cc1cccc(C)c1NC(=O)CNC(=O)c1c(C)noc1C(C)C. The van der Waals surface area contributed by atoms with Gasteiger partial charge in [-0.2, -0.15) is 0 Å². The van der Waals surface area contributed by atoms with E-state index in [9.17, 15) is 9.59 Å². The number of aromatic nitrogens is 1. The highest BCUT2D eigenvalue weighted by Gasteiger charge is 2.22. The number of hydrogen-bond acceptors (Lipinski definition) is 4. The van der Waals surface area contributed by atoms with Crippen LogP contribution in [0.2, 0.25) is 0 Å². The second-order valence-corrected chi connectivity index (χ2v) is 6.16. The van der Waals surface area contributed by atoms with E-state index in [1.165, 1.54) is 0 Å². The monoisotopic (exact) mass is 329 g/mol. The second-order valence-electron chi connectivity index (χ2n) is 6.16. The lowest BCUT2D eigenvalue weighted by atomic mass is 10.0. The molecule has 128 valence electrons. The largest absolute Gasteiger partial charge is 0.360 e. The topological polar surface area (TPSA) is 84.2 Å². The fourth-order valence-electron chi connectivity index (χ4n) is 2.50. The molecule has 1 aromatic heterocycles. The van der Waals surface area contributed by atoms with Crippen LogP contribution < -0.4 is 10.6 Å². The van der Waals surface area contributed by atoms with Crippen LogP contribution in [0.4, 0.5) is 5.69 Å². The summed E-state index contributed by atoms with van der Waals surface area (Å²) in [7, 11) is 0. The maximum atomic E-state index is 12.4.